The lowest BCUT2D eigenvalue weighted by Crippen LogP contribution is -2.46. The van der Waals surface area contributed by atoms with E-state index in [-0.39, 0.29) is 11.6 Å². The van der Waals surface area contributed by atoms with Crippen LogP contribution in [0.15, 0.2) is 36.7 Å². The molecule has 2 heterocycles. The number of benzene rings is 1. The van der Waals surface area contributed by atoms with Gasteiger partial charge >= 0.3 is 0 Å². The second kappa shape index (κ2) is 7.95. The number of rotatable bonds is 5. The number of nitrogens with one attached hydrogen (secondary N) is 1. The number of hydrogen-bond acceptors (Lipinski definition) is 5. The van der Waals surface area contributed by atoms with Gasteiger partial charge in [0, 0.05) is 31.9 Å². The molecule has 0 spiro atoms. The van der Waals surface area contributed by atoms with Crippen LogP contribution in [-0.4, -0.2) is 53.4 Å². The third kappa shape index (κ3) is 3.99. The van der Waals surface area contributed by atoms with Crippen molar-refractivity contribution in [2.24, 2.45) is 0 Å². The van der Waals surface area contributed by atoms with Crippen LogP contribution in [0.5, 0.6) is 0 Å². The predicted molar refractivity (Wildman–Crippen MR) is 100 cm³/mol. The number of anilines is 2. The fourth-order valence-electron chi connectivity index (χ4n) is 2.96. The van der Waals surface area contributed by atoms with Crippen molar-refractivity contribution in [2.75, 3.05) is 36.4 Å². The Kier molecular flexibility index (Phi) is 5.46. The summed E-state index contributed by atoms with van der Waals surface area (Å²) in [5.41, 5.74) is 2.15. The van der Waals surface area contributed by atoms with Crippen LogP contribution in [0, 0.1) is 0 Å². The van der Waals surface area contributed by atoms with Crippen LogP contribution in [0.4, 0.5) is 11.5 Å². The molecule has 3 rings (SSSR count). The molecule has 26 heavy (non-hydrogen) atoms. The van der Waals surface area contributed by atoms with Crippen molar-refractivity contribution in [3.05, 3.63) is 47.9 Å². The van der Waals surface area contributed by atoms with Crippen molar-refractivity contribution >= 4 is 23.8 Å². The number of aromatic nitrogens is 2. The Hall–Kier alpha value is -2.96. The summed E-state index contributed by atoms with van der Waals surface area (Å²) < 4.78 is 0. The lowest BCUT2D eigenvalue weighted by atomic mass is 10.0. The van der Waals surface area contributed by atoms with E-state index in [1.807, 2.05) is 24.3 Å². The first-order valence-corrected chi connectivity index (χ1v) is 8.75. The molecule has 2 aromatic rings. The maximum atomic E-state index is 12.5. The molecule has 1 aromatic heterocycles. The highest BCUT2D eigenvalue weighted by molar-refractivity contribution is 6.03. The van der Waals surface area contributed by atoms with Crippen LogP contribution in [0.2, 0.25) is 0 Å². The molecule has 1 aliphatic heterocycles. The SMILES string of the molecule is CC(C)c1ccccc1NC(=O)c1cnc(N2CCN(C=O)CC2)cn1. The lowest BCUT2D eigenvalue weighted by Gasteiger charge is -2.33. The highest BCUT2D eigenvalue weighted by Gasteiger charge is 2.18. The van der Waals surface area contributed by atoms with Gasteiger partial charge in [-0.2, -0.15) is 0 Å². The monoisotopic (exact) mass is 353 g/mol. The van der Waals surface area contributed by atoms with Gasteiger partial charge in [-0.1, -0.05) is 32.0 Å². The second-order valence-corrected chi connectivity index (χ2v) is 6.58. The molecule has 1 aromatic carbocycles. The van der Waals surface area contributed by atoms with Crippen molar-refractivity contribution in [2.45, 2.75) is 19.8 Å². The minimum absolute atomic E-state index is 0.275. The Balaban J connectivity index is 1.67. The summed E-state index contributed by atoms with van der Waals surface area (Å²) in [5.74, 6) is 0.752. The van der Waals surface area contributed by atoms with E-state index in [2.05, 4.69) is 34.0 Å². The quantitative estimate of drug-likeness (QED) is 0.833. The second-order valence-electron chi connectivity index (χ2n) is 6.58. The number of amides is 2. The van der Waals surface area contributed by atoms with Gasteiger partial charge in [0.25, 0.3) is 5.91 Å². The standard InChI is InChI=1S/C19H23N5O2/c1-14(2)15-5-3-4-6-16(15)22-19(26)17-11-21-18(12-20-17)24-9-7-23(13-25)8-10-24/h3-6,11-14H,7-10H2,1-2H3,(H,22,26). The Morgan fingerprint density at radius 2 is 1.85 bits per heavy atom. The average Bonchev–Trinajstić information content (AvgIpc) is 2.68. The topological polar surface area (TPSA) is 78.4 Å². The van der Waals surface area contributed by atoms with Gasteiger partial charge in [-0.25, -0.2) is 9.97 Å². The highest BCUT2D eigenvalue weighted by Crippen LogP contribution is 2.24. The van der Waals surface area contributed by atoms with Gasteiger partial charge < -0.3 is 15.1 Å². The Morgan fingerprint density at radius 3 is 2.46 bits per heavy atom. The number of carbonyl (C=O) groups excluding carboxylic acids is 2. The van der Waals surface area contributed by atoms with Crippen LogP contribution in [0.25, 0.3) is 0 Å². The van der Waals surface area contributed by atoms with Gasteiger partial charge in [0.05, 0.1) is 12.4 Å². The van der Waals surface area contributed by atoms with Crippen molar-refractivity contribution in [3.63, 3.8) is 0 Å². The fraction of sp³-hybridized carbons (Fsp3) is 0.368. The summed E-state index contributed by atoms with van der Waals surface area (Å²) >= 11 is 0. The Bertz CT molecular complexity index is 768. The first-order valence-electron chi connectivity index (χ1n) is 8.75. The molecule has 0 unspecified atom stereocenters. The van der Waals surface area contributed by atoms with Gasteiger partial charge in [0.15, 0.2) is 0 Å². The minimum Gasteiger partial charge on any atom is -0.352 e. The fourth-order valence-corrected chi connectivity index (χ4v) is 2.96. The molecule has 0 radical (unpaired) electrons. The molecule has 1 fully saturated rings. The zero-order valence-electron chi connectivity index (χ0n) is 15.1. The van der Waals surface area contributed by atoms with Gasteiger partial charge in [-0.3, -0.25) is 9.59 Å². The maximum Gasteiger partial charge on any atom is 0.275 e. The number of nitrogens with zero attached hydrogens (tertiary/aromatic N) is 4. The molecule has 0 bridgehead atoms. The molecule has 1 N–H and O–H groups in total. The maximum absolute atomic E-state index is 12.5. The van der Waals surface area contributed by atoms with E-state index in [0.717, 1.165) is 23.5 Å². The van der Waals surface area contributed by atoms with E-state index in [0.29, 0.717) is 32.1 Å². The van der Waals surface area contributed by atoms with E-state index < -0.39 is 0 Å². The summed E-state index contributed by atoms with van der Waals surface area (Å²) in [6.45, 7) is 6.92. The molecule has 0 saturated carbocycles. The summed E-state index contributed by atoms with van der Waals surface area (Å²) in [6, 6.07) is 7.76. The molecular formula is C19H23N5O2. The molecule has 136 valence electrons. The summed E-state index contributed by atoms with van der Waals surface area (Å²) in [5, 5.41) is 2.92. The van der Waals surface area contributed by atoms with Crippen LogP contribution in [-0.2, 0) is 4.79 Å². The van der Waals surface area contributed by atoms with Crippen molar-refractivity contribution in [3.8, 4) is 0 Å². The van der Waals surface area contributed by atoms with E-state index >= 15 is 0 Å². The van der Waals surface area contributed by atoms with Gasteiger partial charge in [0.2, 0.25) is 6.41 Å². The van der Waals surface area contributed by atoms with Crippen LogP contribution in [0.1, 0.15) is 35.8 Å². The first kappa shape index (κ1) is 17.8. The lowest BCUT2D eigenvalue weighted by molar-refractivity contribution is -0.118. The third-order valence-corrected chi connectivity index (χ3v) is 4.49. The summed E-state index contributed by atoms with van der Waals surface area (Å²) in [6.07, 6.45) is 3.97. The number of piperazine rings is 1. The van der Waals surface area contributed by atoms with Crippen molar-refractivity contribution in [1.29, 1.82) is 0 Å². The average molecular weight is 353 g/mol. The van der Waals surface area contributed by atoms with Gasteiger partial charge in [-0.05, 0) is 17.5 Å². The number of para-hydroxylation sites is 1. The van der Waals surface area contributed by atoms with E-state index in [1.54, 1.807) is 11.1 Å². The molecule has 0 aliphatic carbocycles. The normalized spacial score (nSPS) is 14.4. The molecule has 7 heteroatoms. The van der Waals surface area contributed by atoms with E-state index in [9.17, 15) is 9.59 Å². The van der Waals surface area contributed by atoms with Crippen LogP contribution in [0.3, 0.4) is 0 Å². The molecule has 0 atom stereocenters. The van der Waals surface area contributed by atoms with Gasteiger partial charge in [-0.15, -0.1) is 0 Å². The van der Waals surface area contributed by atoms with Crippen molar-refractivity contribution < 1.29 is 9.59 Å². The Morgan fingerprint density at radius 1 is 1.12 bits per heavy atom. The number of carbonyl (C=O) groups is 2. The molecular weight excluding hydrogens is 330 g/mol. The van der Waals surface area contributed by atoms with Crippen molar-refractivity contribution in [1.82, 2.24) is 14.9 Å². The van der Waals surface area contributed by atoms with Crippen LogP contribution >= 0.6 is 0 Å². The first-order chi connectivity index (χ1) is 12.6. The molecule has 1 saturated heterocycles. The molecule has 7 nitrogen and oxygen atoms in total. The van der Waals surface area contributed by atoms with Gasteiger partial charge in [0.1, 0.15) is 11.5 Å². The van der Waals surface area contributed by atoms with Crippen LogP contribution < -0.4 is 10.2 Å². The van der Waals surface area contributed by atoms with E-state index in [4.69, 9.17) is 0 Å². The zero-order chi connectivity index (χ0) is 18.5. The summed E-state index contributed by atoms with van der Waals surface area (Å²) in [7, 11) is 0. The van der Waals surface area contributed by atoms with E-state index in [1.165, 1.54) is 6.20 Å². The third-order valence-electron chi connectivity index (χ3n) is 4.49. The zero-order valence-corrected chi connectivity index (χ0v) is 15.1. The number of hydrogen-bond donors (Lipinski definition) is 1. The minimum atomic E-state index is -0.275. The largest absolute Gasteiger partial charge is 0.352 e. The predicted octanol–water partition coefficient (Wildman–Crippen LogP) is 2.13. The highest BCUT2D eigenvalue weighted by atomic mass is 16.2. The molecule has 1 aliphatic rings. The summed E-state index contributed by atoms with van der Waals surface area (Å²) in [4.78, 5) is 35.7. The smallest absolute Gasteiger partial charge is 0.275 e. The molecule has 2 amide bonds. The Labute approximate surface area is 153 Å².